The molecule has 1 rings (SSSR count). The Kier molecular flexibility index (Phi) is 9.58. The minimum absolute atomic E-state index is 0.134. The molecule has 0 aromatic rings. The molecule has 0 radical (unpaired) electrons. The van der Waals surface area contributed by atoms with Crippen LogP contribution in [0.15, 0.2) is 0 Å². The molecule has 1 atom stereocenters. The summed E-state index contributed by atoms with van der Waals surface area (Å²) in [4.78, 5) is 25.2. The second-order valence-electron chi connectivity index (χ2n) is 8.35. The molecule has 1 aliphatic heterocycles. The zero-order valence-corrected chi connectivity index (χ0v) is 18.5. The molecular formula is C21H42NO3P. The molecule has 26 heavy (non-hydrogen) atoms. The van der Waals surface area contributed by atoms with Crippen molar-refractivity contribution >= 4 is 18.6 Å². The van der Waals surface area contributed by atoms with Crippen LogP contribution in [0.25, 0.3) is 0 Å². The summed E-state index contributed by atoms with van der Waals surface area (Å²) in [5, 5.41) is 9.91. The molecule has 0 spiro atoms. The van der Waals surface area contributed by atoms with Crippen molar-refractivity contribution in [3.8, 4) is 0 Å². The number of amides is 1. The molecule has 0 bridgehead atoms. The Hall–Kier alpha value is -0.630. The molecule has 154 valence electrons. The first kappa shape index (κ1) is 23.4. The summed E-state index contributed by atoms with van der Waals surface area (Å²) >= 11 is 0. The van der Waals surface area contributed by atoms with Gasteiger partial charge in [-0.05, 0) is 0 Å². The number of carboxylic acid groups (broad SMARTS) is 1. The third-order valence-electron chi connectivity index (χ3n) is 6.42. The second-order valence-corrected chi connectivity index (χ2v) is 14.4. The van der Waals surface area contributed by atoms with Gasteiger partial charge in [-0.3, -0.25) is 0 Å². The Morgan fingerprint density at radius 2 is 1.31 bits per heavy atom. The van der Waals surface area contributed by atoms with Crippen molar-refractivity contribution in [3.05, 3.63) is 0 Å². The first-order chi connectivity index (χ1) is 12.4. The first-order valence-electron chi connectivity index (χ1n) is 11.0. The molecule has 1 fully saturated rings. The summed E-state index contributed by atoms with van der Waals surface area (Å²) in [6, 6.07) is -0.581. The number of unbranched alkanes of at least 4 members (excludes halogenated alkanes) is 4. The van der Waals surface area contributed by atoms with Crippen LogP contribution in [0, 0.1) is 0 Å². The molecule has 0 aliphatic carbocycles. The third kappa shape index (κ3) is 5.00. The van der Waals surface area contributed by atoms with Crippen LogP contribution in [0.2, 0.25) is 0 Å². The van der Waals surface area contributed by atoms with E-state index in [0.717, 1.165) is 76.0 Å². The van der Waals surface area contributed by atoms with Gasteiger partial charge in [0.2, 0.25) is 0 Å². The molecule has 1 amide bonds. The van der Waals surface area contributed by atoms with Crippen molar-refractivity contribution in [1.29, 1.82) is 0 Å². The number of nitrogens with zero attached hydrogens (tertiary/aromatic N) is 1. The van der Waals surface area contributed by atoms with Crippen molar-refractivity contribution < 1.29 is 14.7 Å². The van der Waals surface area contributed by atoms with E-state index in [9.17, 15) is 14.7 Å². The number of carboxylic acids is 1. The molecule has 1 heterocycles. The van der Waals surface area contributed by atoms with E-state index in [2.05, 4.69) is 27.7 Å². The summed E-state index contributed by atoms with van der Waals surface area (Å²) in [6.07, 6.45) is 14.2. The van der Waals surface area contributed by atoms with E-state index in [-0.39, 0.29) is 5.91 Å². The quantitative estimate of drug-likeness (QED) is 0.387. The van der Waals surface area contributed by atoms with E-state index < -0.39 is 18.8 Å². The Morgan fingerprint density at radius 1 is 0.923 bits per heavy atom. The number of hydrogen-bond acceptors (Lipinski definition) is 2. The van der Waals surface area contributed by atoms with Crippen molar-refractivity contribution in [1.82, 2.24) is 4.67 Å². The molecule has 0 aromatic carbocycles. The third-order valence-corrected chi connectivity index (χ3v) is 14.0. The fraction of sp³-hybridized carbons (Fsp3) is 0.905. The molecule has 1 aliphatic rings. The monoisotopic (exact) mass is 387 g/mol. The van der Waals surface area contributed by atoms with E-state index in [1.165, 1.54) is 0 Å². The van der Waals surface area contributed by atoms with Gasteiger partial charge in [0.05, 0.1) is 0 Å². The fourth-order valence-corrected chi connectivity index (χ4v) is 13.4. The van der Waals surface area contributed by atoms with Gasteiger partial charge in [-0.25, -0.2) is 0 Å². The summed E-state index contributed by atoms with van der Waals surface area (Å²) in [5.74, 6) is -0.652. The Balaban J connectivity index is 3.53. The standard InChI is InChI=1S/C21H42NO3P/c1-5-9-15-26(16-10-6-2,17-11-7-3,18-12-8-4)22-19(21(24)25)13-14-20(22)23/h19H,5-18H2,1-4H3,(H,24,25). The van der Waals surface area contributed by atoms with Gasteiger partial charge >= 0.3 is 161 Å². The van der Waals surface area contributed by atoms with Gasteiger partial charge in [0.15, 0.2) is 0 Å². The van der Waals surface area contributed by atoms with Gasteiger partial charge in [-0.15, -0.1) is 0 Å². The number of carbonyl (C=O) groups excluding carboxylic acids is 1. The number of carbonyl (C=O) groups is 2. The van der Waals surface area contributed by atoms with Crippen molar-refractivity contribution in [2.45, 2.75) is 97.9 Å². The van der Waals surface area contributed by atoms with Gasteiger partial charge in [-0.1, -0.05) is 0 Å². The van der Waals surface area contributed by atoms with Gasteiger partial charge < -0.3 is 0 Å². The minimum atomic E-state index is -2.59. The number of aliphatic carboxylic acids is 1. The van der Waals surface area contributed by atoms with Crippen LogP contribution >= 0.6 is 6.75 Å². The van der Waals surface area contributed by atoms with Crippen molar-refractivity contribution in [2.75, 3.05) is 24.6 Å². The zero-order chi connectivity index (χ0) is 19.7. The van der Waals surface area contributed by atoms with E-state index >= 15 is 0 Å². The van der Waals surface area contributed by atoms with Crippen molar-refractivity contribution in [3.63, 3.8) is 0 Å². The predicted molar refractivity (Wildman–Crippen MR) is 114 cm³/mol. The number of hydrogen-bond donors (Lipinski definition) is 1. The number of rotatable bonds is 14. The van der Waals surface area contributed by atoms with E-state index in [0.29, 0.717) is 12.8 Å². The first-order valence-corrected chi connectivity index (χ1v) is 13.9. The van der Waals surface area contributed by atoms with Crippen LogP contribution < -0.4 is 0 Å². The molecule has 0 aromatic heterocycles. The summed E-state index contributed by atoms with van der Waals surface area (Å²) < 4.78 is 2.05. The summed E-state index contributed by atoms with van der Waals surface area (Å²) in [5.41, 5.74) is 0. The zero-order valence-electron chi connectivity index (χ0n) is 17.6. The van der Waals surface area contributed by atoms with Crippen LogP contribution in [0.1, 0.15) is 91.9 Å². The molecular weight excluding hydrogens is 345 g/mol. The second kappa shape index (κ2) is 10.6. The van der Waals surface area contributed by atoms with Crippen LogP contribution in [-0.2, 0) is 9.59 Å². The van der Waals surface area contributed by atoms with Gasteiger partial charge in [-0.2, -0.15) is 0 Å². The molecule has 1 saturated heterocycles. The summed E-state index contributed by atoms with van der Waals surface area (Å²) in [7, 11) is 0. The van der Waals surface area contributed by atoms with Crippen LogP contribution in [-0.4, -0.2) is 52.3 Å². The maximum absolute atomic E-state index is 13.1. The van der Waals surface area contributed by atoms with E-state index in [1.807, 2.05) is 4.67 Å². The van der Waals surface area contributed by atoms with Gasteiger partial charge in [0.1, 0.15) is 0 Å². The molecule has 5 heteroatoms. The molecule has 1 N–H and O–H groups in total. The Labute approximate surface area is 161 Å². The average molecular weight is 388 g/mol. The summed E-state index contributed by atoms with van der Waals surface area (Å²) in [6.45, 7) is 6.27. The topological polar surface area (TPSA) is 57.6 Å². The van der Waals surface area contributed by atoms with Gasteiger partial charge in [0, 0.05) is 0 Å². The SMILES string of the molecule is CCCCP(CCCC)(CCCC)(CCCC)N1C(=O)CCC1C(=O)O. The Morgan fingerprint density at radius 3 is 1.62 bits per heavy atom. The normalized spacial score (nSPS) is 19.5. The molecule has 0 saturated carbocycles. The van der Waals surface area contributed by atoms with E-state index in [1.54, 1.807) is 0 Å². The predicted octanol–water partition coefficient (Wildman–Crippen LogP) is 5.73. The van der Waals surface area contributed by atoms with Gasteiger partial charge in [0.25, 0.3) is 0 Å². The van der Waals surface area contributed by atoms with E-state index in [4.69, 9.17) is 0 Å². The van der Waals surface area contributed by atoms with Crippen molar-refractivity contribution in [2.24, 2.45) is 0 Å². The average Bonchev–Trinajstić information content (AvgIpc) is 3.04. The molecule has 1 unspecified atom stereocenters. The van der Waals surface area contributed by atoms with Crippen LogP contribution in [0.3, 0.4) is 0 Å². The fourth-order valence-electron chi connectivity index (χ4n) is 4.97. The molecule has 4 nitrogen and oxygen atoms in total. The van der Waals surface area contributed by atoms with Crippen LogP contribution in [0.5, 0.6) is 0 Å². The maximum atomic E-state index is 13.1. The van der Waals surface area contributed by atoms with Crippen LogP contribution in [0.4, 0.5) is 0 Å². The Bertz CT molecular complexity index is 423.